The molecule has 0 atom stereocenters. The van der Waals surface area contributed by atoms with Gasteiger partial charge in [0.15, 0.2) is 11.6 Å². The largest absolute Gasteiger partial charge is 0.419 e. The van der Waals surface area contributed by atoms with E-state index in [9.17, 15) is 22.0 Å². The Morgan fingerprint density at radius 3 is 2.07 bits per heavy atom. The van der Waals surface area contributed by atoms with Crippen LogP contribution in [0.15, 0.2) is 12.1 Å². The topological polar surface area (TPSA) is 23.8 Å². The van der Waals surface area contributed by atoms with E-state index in [1.807, 2.05) is 0 Å². The van der Waals surface area contributed by atoms with Crippen molar-refractivity contribution in [3.8, 4) is 6.07 Å². The second-order valence-electron chi connectivity index (χ2n) is 2.40. The molecule has 0 saturated carbocycles. The zero-order valence-corrected chi connectivity index (χ0v) is 6.49. The molecular formula is C8H2F5N. The lowest BCUT2D eigenvalue weighted by molar-refractivity contribution is -0.140. The predicted molar refractivity (Wildman–Crippen MR) is 36.1 cm³/mol. The van der Waals surface area contributed by atoms with Crippen molar-refractivity contribution in [2.45, 2.75) is 6.18 Å². The summed E-state index contributed by atoms with van der Waals surface area (Å²) in [6.45, 7) is 0. The van der Waals surface area contributed by atoms with Crippen LogP contribution >= 0.6 is 0 Å². The van der Waals surface area contributed by atoms with Gasteiger partial charge in [-0.1, -0.05) is 0 Å². The average Bonchev–Trinajstić information content (AvgIpc) is 2.07. The summed E-state index contributed by atoms with van der Waals surface area (Å²) in [5.41, 5.74) is -2.47. The van der Waals surface area contributed by atoms with Crippen LogP contribution < -0.4 is 0 Å². The maximum absolute atomic E-state index is 12.7. The van der Waals surface area contributed by atoms with Crippen LogP contribution in [0.25, 0.3) is 0 Å². The molecule has 6 heteroatoms. The molecule has 0 radical (unpaired) electrons. The van der Waals surface area contributed by atoms with Crippen LogP contribution in [0.1, 0.15) is 11.1 Å². The van der Waals surface area contributed by atoms with Gasteiger partial charge in [0, 0.05) is 0 Å². The van der Waals surface area contributed by atoms with Gasteiger partial charge in [0.05, 0.1) is 11.1 Å². The zero-order valence-electron chi connectivity index (χ0n) is 6.49. The Balaban J connectivity index is 3.41. The maximum Gasteiger partial charge on any atom is 0.419 e. The molecule has 0 unspecified atom stereocenters. The monoisotopic (exact) mass is 207 g/mol. The van der Waals surface area contributed by atoms with Crippen molar-refractivity contribution in [3.05, 3.63) is 34.9 Å². The van der Waals surface area contributed by atoms with E-state index in [1.165, 1.54) is 6.07 Å². The normalized spacial score (nSPS) is 11.1. The number of hydrogen-bond donors (Lipinski definition) is 0. The fraction of sp³-hybridized carbons (Fsp3) is 0.125. The van der Waals surface area contributed by atoms with Crippen molar-refractivity contribution in [3.63, 3.8) is 0 Å². The Labute approximate surface area is 75.4 Å². The molecule has 0 bridgehead atoms. The van der Waals surface area contributed by atoms with E-state index in [4.69, 9.17) is 5.26 Å². The fourth-order valence-corrected chi connectivity index (χ4v) is 0.855. The summed E-state index contributed by atoms with van der Waals surface area (Å²) in [6, 6.07) is 2.15. The molecule has 0 saturated heterocycles. The van der Waals surface area contributed by atoms with Crippen molar-refractivity contribution in [2.24, 2.45) is 0 Å². The lowest BCUT2D eigenvalue weighted by Gasteiger charge is -2.08. The molecule has 0 aliphatic carbocycles. The van der Waals surface area contributed by atoms with Gasteiger partial charge in [0.1, 0.15) is 6.07 Å². The van der Waals surface area contributed by atoms with Crippen LogP contribution in [0.3, 0.4) is 0 Å². The molecular weight excluding hydrogens is 205 g/mol. The summed E-state index contributed by atoms with van der Waals surface area (Å²) in [5.74, 6) is -3.82. The van der Waals surface area contributed by atoms with Gasteiger partial charge in [-0.25, -0.2) is 8.78 Å². The molecule has 0 fully saturated rings. The molecule has 0 heterocycles. The third-order valence-electron chi connectivity index (χ3n) is 1.51. The van der Waals surface area contributed by atoms with Crippen LogP contribution in [0.4, 0.5) is 22.0 Å². The molecule has 0 aliphatic heterocycles. The number of benzene rings is 1. The van der Waals surface area contributed by atoms with E-state index in [-0.39, 0.29) is 0 Å². The van der Waals surface area contributed by atoms with E-state index in [2.05, 4.69) is 0 Å². The van der Waals surface area contributed by atoms with Gasteiger partial charge in [-0.15, -0.1) is 0 Å². The quantitative estimate of drug-likeness (QED) is 0.600. The smallest absolute Gasteiger partial charge is 0.203 e. The van der Waals surface area contributed by atoms with Gasteiger partial charge >= 0.3 is 6.18 Å². The van der Waals surface area contributed by atoms with Crippen molar-refractivity contribution in [2.75, 3.05) is 0 Å². The molecule has 0 spiro atoms. The first kappa shape index (κ1) is 10.4. The molecule has 0 amide bonds. The number of rotatable bonds is 0. The Kier molecular flexibility index (Phi) is 2.43. The lowest BCUT2D eigenvalue weighted by atomic mass is 10.1. The van der Waals surface area contributed by atoms with Crippen molar-refractivity contribution in [1.29, 1.82) is 5.26 Å². The first-order valence-corrected chi connectivity index (χ1v) is 3.33. The lowest BCUT2D eigenvalue weighted by Crippen LogP contribution is -2.10. The molecule has 14 heavy (non-hydrogen) atoms. The van der Waals surface area contributed by atoms with E-state index in [0.717, 1.165) is 0 Å². The van der Waals surface area contributed by atoms with Crippen molar-refractivity contribution >= 4 is 0 Å². The molecule has 1 rings (SSSR count). The zero-order chi connectivity index (χ0) is 10.9. The predicted octanol–water partition coefficient (Wildman–Crippen LogP) is 2.86. The first-order chi connectivity index (χ1) is 6.38. The summed E-state index contributed by atoms with van der Waals surface area (Å²) in [4.78, 5) is 0. The number of halogens is 5. The average molecular weight is 207 g/mol. The number of alkyl halides is 3. The van der Waals surface area contributed by atoms with E-state index in [0.29, 0.717) is 12.1 Å². The van der Waals surface area contributed by atoms with Gasteiger partial charge in [-0.3, -0.25) is 0 Å². The van der Waals surface area contributed by atoms with Crippen molar-refractivity contribution in [1.82, 2.24) is 0 Å². The number of nitrogens with zero attached hydrogens (tertiary/aromatic N) is 1. The number of hydrogen-bond acceptors (Lipinski definition) is 1. The first-order valence-electron chi connectivity index (χ1n) is 3.33. The van der Waals surface area contributed by atoms with Gasteiger partial charge in [0.25, 0.3) is 0 Å². The second-order valence-corrected chi connectivity index (χ2v) is 2.40. The van der Waals surface area contributed by atoms with Gasteiger partial charge in [-0.05, 0) is 12.1 Å². The maximum atomic E-state index is 12.7. The summed E-state index contributed by atoms with van der Waals surface area (Å²) in [5, 5.41) is 8.20. The third kappa shape index (κ3) is 1.66. The molecule has 0 aliphatic rings. The Morgan fingerprint density at radius 1 is 1.07 bits per heavy atom. The minimum absolute atomic E-state index is 0.330. The molecule has 0 aromatic heterocycles. The van der Waals surface area contributed by atoms with Crippen LogP contribution in [0.5, 0.6) is 0 Å². The van der Waals surface area contributed by atoms with E-state index < -0.39 is 28.9 Å². The van der Waals surface area contributed by atoms with E-state index >= 15 is 0 Å². The van der Waals surface area contributed by atoms with Crippen LogP contribution in [-0.4, -0.2) is 0 Å². The molecule has 0 N–H and O–H groups in total. The van der Waals surface area contributed by atoms with Crippen LogP contribution in [0.2, 0.25) is 0 Å². The summed E-state index contributed by atoms with van der Waals surface area (Å²) in [6.07, 6.45) is -4.96. The Bertz CT molecular complexity index is 401. The standard InChI is InChI=1S/C8H2F5N/c9-6-4(3-14)1-2-5(7(6)10)8(11,12)13/h1-2H. The molecule has 1 nitrogen and oxygen atoms in total. The Hall–Kier alpha value is -1.64. The van der Waals surface area contributed by atoms with Crippen LogP contribution in [-0.2, 0) is 6.18 Å². The molecule has 1 aromatic carbocycles. The summed E-state index contributed by atoms with van der Waals surface area (Å²) in [7, 11) is 0. The highest BCUT2D eigenvalue weighted by atomic mass is 19.4. The van der Waals surface area contributed by atoms with Gasteiger partial charge in [-0.2, -0.15) is 18.4 Å². The highest BCUT2D eigenvalue weighted by Gasteiger charge is 2.35. The van der Waals surface area contributed by atoms with Crippen LogP contribution in [0, 0.1) is 23.0 Å². The minimum atomic E-state index is -4.96. The van der Waals surface area contributed by atoms with Gasteiger partial charge < -0.3 is 0 Å². The third-order valence-corrected chi connectivity index (χ3v) is 1.51. The molecule has 74 valence electrons. The number of nitriles is 1. The van der Waals surface area contributed by atoms with Gasteiger partial charge in [0.2, 0.25) is 0 Å². The fourth-order valence-electron chi connectivity index (χ4n) is 0.855. The Morgan fingerprint density at radius 2 is 1.64 bits per heavy atom. The van der Waals surface area contributed by atoms with Crippen molar-refractivity contribution < 1.29 is 22.0 Å². The highest BCUT2D eigenvalue weighted by Crippen LogP contribution is 2.32. The SMILES string of the molecule is N#Cc1ccc(C(F)(F)F)c(F)c1F. The second kappa shape index (κ2) is 3.25. The minimum Gasteiger partial charge on any atom is -0.203 e. The molecule has 1 aromatic rings. The highest BCUT2D eigenvalue weighted by molar-refractivity contribution is 5.35. The summed E-state index contributed by atoms with van der Waals surface area (Å²) < 4.78 is 61.3. The summed E-state index contributed by atoms with van der Waals surface area (Å²) >= 11 is 0. The van der Waals surface area contributed by atoms with E-state index in [1.54, 1.807) is 0 Å².